The van der Waals surface area contributed by atoms with Gasteiger partial charge in [-0.15, -0.1) is 0 Å². The molecule has 0 saturated carbocycles. The number of ether oxygens (including phenoxy) is 4. The van der Waals surface area contributed by atoms with Gasteiger partial charge in [-0.1, -0.05) is 11.6 Å². The minimum Gasteiger partial charge on any atom is -1.00 e. The highest BCUT2D eigenvalue weighted by Crippen LogP contribution is 2.32. The minimum atomic E-state index is -0.793. The first-order chi connectivity index (χ1) is 28.2. The number of nitrogens with zero attached hydrogens (tertiary/aromatic N) is 4. The van der Waals surface area contributed by atoms with Crippen LogP contribution in [0.1, 0.15) is 45.8 Å². The third-order valence-corrected chi connectivity index (χ3v) is 8.13. The normalized spacial score (nSPS) is 10.2. The van der Waals surface area contributed by atoms with Crippen molar-refractivity contribution in [3.8, 4) is 45.5 Å². The number of nitrogens with two attached hydrogens (primary N) is 2. The zero-order valence-corrected chi connectivity index (χ0v) is 34.1. The Kier molecular flexibility index (Phi) is 18.0. The number of nitrogen functional groups attached to an aromatic ring is 1. The molecular weight excluding hydrogens is 833 g/mol. The van der Waals surface area contributed by atoms with Crippen LogP contribution in [0.15, 0.2) is 85.5 Å². The Bertz CT molecular complexity index is 2450. The number of hydrogen-bond acceptors (Lipinski definition) is 11. The van der Waals surface area contributed by atoms with Gasteiger partial charge in [-0.2, -0.15) is 0 Å². The van der Waals surface area contributed by atoms with Crippen LogP contribution in [0, 0.1) is 23.3 Å². The molecule has 60 heavy (non-hydrogen) atoms. The Morgan fingerprint density at radius 3 is 1.72 bits per heavy atom. The number of hydrogen-bond donors (Lipinski definition) is 3. The highest BCUT2D eigenvalue weighted by Gasteiger charge is 2.19. The van der Waals surface area contributed by atoms with Gasteiger partial charge >= 0.3 is 5.91 Å². The first-order valence-corrected chi connectivity index (χ1v) is 17.9. The molecule has 2 aromatic heterocycles. The third-order valence-electron chi connectivity index (χ3n) is 7.93. The summed E-state index contributed by atoms with van der Waals surface area (Å²) in [6, 6.07) is 16.9. The second-order valence-corrected chi connectivity index (χ2v) is 12.4. The number of primary amides is 1. The SMILES string of the molecule is CCOc1cc(F)ccc1-c1cc(Cc2cc(F)c(OC)c(C(N)=O)c2)ncn1.CCOc1cc(F)ccc1-c1cc(Cl)ncn1.COc1c(F)cc(N)cc1C([NH3+])=O.[Cl-]. The van der Waals surface area contributed by atoms with E-state index in [0.29, 0.717) is 63.6 Å². The maximum absolute atomic E-state index is 14.3. The molecule has 0 unspecified atom stereocenters. The van der Waals surface area contributed by atoms with E-state index >= 15 is 0 Å². The lowest BCUT2D eigenvalue weighted by molar-refractivity contribution is -0.255. The van der Waals surface area contributed by atoms with Crippen molar-refractivity contribution in [3.05, 3.63) is 136 Å². The quantitative estimate of drug-likeness (QED) is 0.0921. The summed E-state index contributed by atoms with van der Waals surface area (Å²) < 4.78 is 74.5. The van der Waals surface area contributed by atoms with Crippen LogP contribution < -0.4 is 48.6 Å². The van der Waals surface area contributed by atoms with Gasteiger partial charge in [0.25, 0.3) is 5.91 Å². The first kappa shape index (κ1) is 47.8. The number of halogens is 6. The molecule has 0 fully saturated rings. The van der Waals surface area contributed by atoms with Gasteiger partial charge in [0.2, 0.25) is 0 Å². The fraction of sp³-hybridized carbons (Fsp3) is 0.171. The molecule has 13 nitrogen and oxygen atoms in total. The lowest BCUT2D eigenvalue weighted by Crippen LogP contribution is -3.00. The van der Waals surface area contributed by atoms with Crippen LogP contribution in [0.3, 0.4) is 0 Å². The van der Waals surface area contributed by atoms with E-state index in [1.807, 2.05) is 6.92 Å². The summed E-state index contributed by atoms with van der Waals surface area (Å²) in [5, 5.41) is 0.335. The second kappa shape index (κ2) is 22.6. The number of carbonyl (C=O) groups excluding carboxylic acids is 2. The van der Waals surface area contributed by atoms with Crippen LogP contribution in [0.5, 0.6) is 23.0 Å². The summed E-state index contributed by atoms with van der Waals surface area (Å²) in [5.41, 5.74) is 17.5. The van der Waals surface area contributed by atoms with Gasteiger partial charge in [0.15, 0.2) is 23.1 Å². The Balaban J connectivity index is 0.000000263. The van der Waals surface area contributed by atoms with Crippen molar-refractivity contribution < 1.29 is 64.2 Å². The van der Waals surface area contributed by atoms with E-state index in [2.05, 4.69) is 25.7 Å². The Labute approximate surface area is 353 Å². The highest BCUT2D eigenvalue weighted by molar-refractivity contribution is 6.29. The van der Waals surface area contributed by atoms with Crippen LogP contribution in [0.2, 0.25) is 5.15 Å². The number of amides is 2. The summed E-state index contributed by atoms with van der Waals surface area (Å²) in [6.07, 6.45) is 2.94. The summed E-state index contributed by atoms with van der Waals surface area (Å²) in [4.78, 5) is 38.8. The average molecular weight is 873 g/mol. The van der Waals surface area contributed by atoms with Gasteiger partial charge in [0.1, 0.15) is 46.5 Å². The van der Waals surface area contributed by atoms with E-state index in [0.717, 1.165) is 6.07 Å². The molecule has 19 heteroatoms. The van der Waals surface area contributed by atoms with Crippen LogP contribution in [0.4, 0.5) is 23.2 Å². The molecule has 6 aromatic rings. The molecule has 4 aromatic carbocycles. The molecule has 2 heterocycles. The number of carbonyl (C=O) groups is 2. The molecule has 0 aliphatic carbocycles. The monoisotopic (exact) mass is 871 g/mol. The highest BCUT2D eigenvalue weighted by atomic mass is 35.5. The Hall–Kier alpha value is -6.56. The molecule has 0 radical (unpaired) electrons. The van der Waals surface area contributed by atoms with Crippen LogP contribution in [0.25, 0.3) is 22.5 Å². The van der Waals surface area contributed by atoms with Crippen molar-refractivity contribution in [2.24, 2.45) is 5.73 Å². The van der Waals surface area contributed by atoms with Crippen LogP contribution >= 0.6 is 11.6 Å². The largest absolute Gasteiger partial charge is 1.00 e. The number of aromatic nitrogens is 4. The summed E-state index contributed by atoms with van der Waals surface area (Å²) in [7, 11) is 2.54. The fourth-order valence-electron chi connectivity index (χ4n) is 5.47. The lowest BCUT2D eigenvalue weighted by atomic mass is 10.0. The van der Waals surface area contributed by atoms with Gasteiger partial charge < -0.3 is 42.8 Å². The molecular formula is C41H39Cl2F4N7O6. The topological polar surface area (TPSA) is 202 Å². The summed E-state index contributed by atoms with van der Waals surface area (Å²) in [6.45, 7) is 4.46. The molecule has 0 spiro atoms. The van der Waals surface area contributed by atoms with Gasteiger partial charge in [-0.05, 0) is 67.9 Å². The number of rotatable bonds is 12. The molecule has 0 aliphatic rings. The average Bonchev–Trinajstić information content (AvgIpc) is 3.18. The van der Waals surface area contributed by atoms with E-state index in [-0.39, 0.29) is 53.0 Å². The van der Waals surface area contributed by atoms with Gasteiger partial charge in [-0.25, -0.2) is 42.3 Å². The maximum atomic E-state index is 14.3. The van der Waals surface area contributed by atoms with E-state index in [9.17, 15) is 27.2 Å². The predicted molar refractivity (Wildman–Crippen MR) is 211 cm³/mol. The Morgan fingerprint density at radius 1 is 0.700 bits per heavy atom. The van der Waals surface area contributed by atoms with Crippen molar-refractivity contribution in [3.63, 3.8) is 0 Å². The molecule has 7 N–H and O–H groups in total. The molecule has 0 atom stereocenters. The van der Waals surface area contributed by atoms with E-state index < -0.39 is 29.3 Å². The van der Waals surface area contributed by atoms with Crippen molar-refractivity contribution in [2.75, 3.05) is 33.2 Å². The maximum Gasteiger partial charge on any atom is 0.344 e. The van der Waals surface area contributed by atoms with E-state index in [1.165, 1.54) is 69.3 Å². The fourth-order valence-corrected chi connectivity index (χ4v) is 5.62. The zero-order chi connectivity index (χ0) is 43.2. The van der Waals surface area contributed by atoms with Crippen molar-refractivity contribution in [2.45, 2.75) is 20.3 Å². The minimum absolute atomic E-state index is 0. The standard InChI is InChI=1S/C21H19F2N3O3.C12H10ClFN2O.C8H9FN2O2.ClH/c1-3-29-19-9-13(22)4-5-15(19)18-10-14(25-11-26-18)6-12-7-16(21(24)27)20(28-2)17(23)8-12;1-2-17-11-5-8(14)3-4-9(11)10-6-12(13)16-7-15-10;1-13-7-5(8(11)12)2-4(10)3-6(7)9;/h4-5,7-11H,3,6H2,1-2H3,(H2,24,27);3-7H,2H2,1H3;2-3H,10H2,1H3,(H2,11,12);1H. The smallest absolute Gasteiger partial charge is 0.344 e. The Morgan fingerprint density at radius 2 is 1.22 bits per heavy atom. The predicted octanol–water partition coefficient (Wildman–Crippen LogP) is 3.66. The first-order valence-electron chi connectivity index (χ1n) is 17.5. The molecule has 0 saturated heterocycles. The summed E-state index contributed by atoms with van der Waals surface area (Å²) >= 11 is 5.79. The van der Waals surface area contributed by atoms with Gasteiger partial charge in [0, 0.05) is 53.2 Å². The van der Waals surface area contributed by atoms with Crippen LogP contribution in [-0.2, 0) is 6.42 Å². The molecule has 316 valence electrons. The number of methoxy groups -OCH3 is 2. The lowest BCUT2D eigenvalue weighted by Gasteiger charge is -2.12. The molecule has 0 aliphatic heterocycles. The van der Waals surface area contributed by atoms with Crippen LogP contribution in [-0.4, -0.2) is 59.2 Å². The van der Waals surface area contributed by atoms with Gasteiger partial charge in [-0.3, -0.25) is 10.5 Å². The molecule has 6 rings (SSSR count). The number of anilines is 1. The van der Waals surface area contributed by atoms with Gasteiger partial charge in [0.05, 0.1) is 44.4 Å². The number of benzene rings is 4. The molecule has 2 amide bonds. The second-order valence-electron chi connectivity index (χ2n) is 12.0. The summed E-state index contributed by atoms with van der Waals surface area (Å²) in [5.74, 6) is -2.93. The van der Waals surface area contributed by atoms with Crippen molar-refractivity contribution >= 4 is 29.1 Å². The van der Waals surface area contributed by atoms with E-state index in [4.69, 9.17) is 42.0 Å². The molecule has 0 bridgehead atoms. The number of quaternary nitrogens is 1. The van der Waals surface area contributed by atoms with Crippen molar-refractivity contribution in [1.82, 2.24) is 19.9 Å². The van der Waals surface area contributed by atoms with E-state index in [1.54, 1.807) is 31.2 Å². The van der Waals surface area contributed by atoms with Crippen molar-refractivity contribution in [1.29, 1.82) is 0 Å². The third kappa shape index (κ3) is 12.7. The zero-order valence-electron chi connectivity index (χ0n) is 32.6.